The second kappa shape index (κ2) is 4.38. The van der Waals surface area contributed by atoms with Crippen molar-refractivity contribution < 1.29 is 4.74 Å². The van der Waals surface area contributed by atoms with Crippen LogP contribution in [0.4, 0.5) is 0 Å². The maximum atomic E-state index is 8.63. The van der Waals surface area contributed by atoms with Crippen LogP contribution in [0.3, 0.4) is 0 Å². The zero-order valence-corrected chi connectivity index (χ0v) is 9.45. The molecule has 0 saturated carbocycles. The quantitative estimate of drug-likeness (QED) is 0.800. The van der Waals surface area contributed by atoms with Gasteiger partial charge in [0, 0.05) is 5.39 Å². The molecule has 0 fully saturated rings. The highest BCUT2D eigenvalue weighted by Crippen LogP contribution is 2.29. The molecule has 0 amide bonds. The number of ether oxygens (including phenoxy) is 1. The molecule has 0 N–H and O–H groups in total. The van der Waals surface area contributed by atoms with E-state index in [4.69, 9.17) is 21.6 Å². The first kappa shape index (κ1) is 10.7. The van der Waals surface area contributed by atoms with Crippen molar-refractivity contribution in [2.45, 2.75) is 6.42 Å². The predicted molar refractivity (Wildman–Crippen MR) is 62.6 cm³/mol. The first-order valence-corrected chi connectivity index (χ1v) is 5.13. The van der Waals surface area contributed by atoms with E-state index >= 15 is 0 Å². The van der Waals surface area contributed by atoms with Gasteiger partial charge in [-0.3, -0.25) is 0 Å². The number of hydrogen-bond donors (Lipinski definition) is 0. The molecule has 16 heavy (non-hydrogen) atoms. The van der Waals surface area contributed by atoms with Crippen LogP contribution in [-0.2, 0) is 6.42 Å². The fourth-order valence-electron chi connectivity index (χ4n) is 1.54. The van der Waals surface area contributed by atoms with Gasteiger partial charge in [0.2, 0.25) is 0 Å². The number of nitriles is 1. The van der Waals surface area contributed by atoms with Crippen LogP contribution in [0.1, 0.15) is 5.69 Å². The summed E-state index contributed by atoms with van der Waals surface area (Å²) in [5, 5.41) is 10.1. The minimum absolute atomic E-state index is 0.283. The van der Waals surface area contributed by atoms with Crippen LogP contribution < -0.4 is 4.74 Å². The Morgan fingerprint density at radius 3 is 2.88 bits per heavy atom. The van der Waals surface area contributed by atoms with E-state index in [0.717, 1.165) is 11.1 Å². The van der Waals surface area contributed by atoms with Crippen LogP contribution in [0, 0.1) is 11.3 Å². The van der Waals surface area contributed by atoms with Crippen molar-refractivity contribution in [1.82, 2.24) is 4.98 Å². The molecule has 0 aliphatic heterocycles. The van der Waals surface area contributed by atoms with E-state index < -0.39 is 0 Å². The van der Waals surface area contributed by atoms with Gasteiger partial charge in [0.15, 0.2) is 0 Å². The molecular weight excluding hydrogens is 224 g/mol. The minimum atomic E-state index is 0.283. The second-order valence-corrected chi connectivity index (χ2v) is 3.69. The lowest BCUT2D eigenvalue weighted by Gasteiger charge is -2.06. The molecule has 3 nitrogen and oxygen atoms in total. The molecule has 1 heterocycles. The van der Waals surface area contributed by atoms with Crippen molar-refractivity contribution in [2.24, 2.45) is 0 Å². The molecule has 1 aromatic heterocycles. The number of hydrogen-bond acceptors (Lipinski definition) is 3. The highest BCUT2D eigenvalue weighted by atomic mass is 35.5. The lowest BCUT2D eigenvalue weighted by atomic mass is 10.1. The van der Waals surface area contributed by atoms with Gasteiger partial charge in [-0.25, -0.2) is 4.98 Å². The molecule has 0 spiro atoms. The monoisotopic (exact) mass is 232 g/mol. The van der Waals surface area contributed by atoms with Crippen LogP contribution >= 0.6 is 11.6 Å². The molecule has 4 heteroatoms. The molecule has 0 radical (unpaired) electrons. The molecule has 0 saturated heterocycles. The Labute approximate surface area is 98.2 Å². The van der Waals surface area contributed by atoms with Crippen molar-refractivity contribution in [1.29, 1.82) is 5.26 Å². The van der Waals surface area contributed by atoms with E-state index in [1.807, 2.05) is 6.07 Å². The predicted octanol–water partition coefficient (Wildman–Crippen LogP) is 2.96. The van der Waals surface area contributed by atoms with Gasteiger partial charge in [-0.2, -0.15) is 5.26 Å². The van der Waals surface area contributed by atoms with Crippen LogP contribution in [0.5, 0.6) is 5.75 Å². The molecule has 0 aliphatic rings. The summed E-state index contributed by atoms with van der Waals surface area (Å²) in [7, 11) is 1.58. The maximum Gasteiger partial charge on any atom is 0.145 e. The van der Waals surface area contributed by atoms with Crippen molar-refractivity contribution in [2.75, 3.05) is 7.11 Å². The number of aromatic nitrogens is 1. The lowest BCUT2D eigenvalue weighted by molar-refractivity contribution is 0.419. The molecule has 2 rings (SSSR count). The Morgan fingerprint density at radius 2 is 2.19 bits per heavy atom. The van der Waals surface area contributed by atoms with Gasteiger partial charge in [-0.1, -0.05) is 11.6 Å². The standard InChI is InChI=1S/C12H9ClN2O/c1-16-11-5-4-10(13)9-3-2-8(6-7-14)15-12(9)11/h2-5H,6H2,1H3. The lowest BCUT2D eigenvalue weighted by Crippen LogP contribution is -1.92. The van der Waals surface area contributed by atoms with Gasteiger partial charge in [0.1, 0.15) is 11.3 Å². The van der Waals surface area contributed by atoms with Gasteiger partial charge >= 0.3 is 0 Å². The number of benzene rings is 1. The van der Waals surface area contributed by atoms with E-state index in [-0.39, 0.29) is 6.42 Å². The summed E-state index contributed by atoms with van der Waals surface area (Å²) < 4.78 is 5.21. The van der Waals surface area contributed by atoms with E-state index in [1.54, 1.807) is 25.3 Å². The van der Waals surface area contributed by atoms with E-state index in [1.165, 1.54) is 0 Å². The smallest absolute Gasteiger partial charge is 0.145 e. The van der Waals surface area contributed by atoms with Gasteiger partial charge in [0.05, 0.1) is 30.3 Å². The van der Waals surface area contributed by atoms with E-state index in [9.17, 15) is 0 Å². The van der Waals surface area contributed by atoms with E-state index in [2.05, 4.69) is 11.1 Å². The van der Waals surface area contributed by atoms with Crippen LogP contribution in [0.15, 0.2) is 24.3 Å². The van der Waals surface area contributed by atoms with Gasteiger partial charge < -0.3 is 4.74 Å². The average Bonchev–Trinajstić information content (AvgIpc) is 2.30. The fraction of sp³-hybridized carbons (Fsp3) is 0.167. The summed E-state index contributed by atoms with van der Waals surface area (Å²) in [4.78, 5) is 4.36. The summed E-state index contributed by atoms with van der Waals surface area (Å²) in [6.07, 6.45) is 0.283. The van der Waals surface area contributed by atoms with Crippen LogP contribution in [0.2, 0.25) is 5.02 Å². The number of methoxy groups -OCH3 is 1. The molecule has 0 unspecified atom stereocenters. The Hall–Kier alpha value is -1.79. The molecule has 0 bridgehead atoms. The zero-order valence-electron chi connectivity index (χ0n) is 8.70. The normalized spacial score (nSPS) is 10.1. The highest BCUT2D eigenvalue weighted by molar-refractivity contribution is 6.35. The average molecular weight is 233 g/mol. The van der Waals surface area contributed by atoms with Gasteiger partial charge in [-0.15, -0.1) is 0 Å². The Balaban J connectivity index is 2.70. The van der Waals surface area contributed by atoms with Crippen LogP contribution in [-0.4, -0.2) is 12.1 Å². The third-order valence-electron chi connectivity index (χ3n) is 2.30. The summed E-state index contributed by atoms with van der Waals surface area (Å²) in [6.45, 7) is 0. The molecule has 2 aromatic rings. The van der Waals surface area contributed by atoms with Crippen molar-refractivity contribution in [3.05, 3.63) is 35.0 Å². The Bertz CT molecular complexity index is 575. The number of nitrogens with zero attached hydrogens (tertiary/aromatic N) is 2. The fourth-order valence-corrected chi connectivity index (χ4v) is 1.76. The summed E-state index contributed by atoms with van der Waals surface area (Å²) in [6, 6.07) is 9.27. The first-order valence-electron chi connectivity index (χ1n) is 4.75. The number of rotatable bonds is 2. The number of fused-ring (bicyclic) bond motifs is 1. The molecule has 0 aliphatic carbocycles. The molecule has 0 atom stereocenters. The number of halogens is 1. The zero-order chi connectivity index (χ0) is 11.5. The van der Waals surface area contributed by atoms with E-state index in [0.29, 0.717) is 16.3 Å². The summed E-state index contributed by atoms with van der Waals surface area (Å²) in [5.74, 6) is 0.666. The van der Waals surface area contributed by atoms with Gasteiger partial charge in [0.25, 0.3) is 0 Å². The number of pyridine rings is 1. The minimum Gasteiger partial charge on any atom is -0.494 e. The van der Waals surface area contributed by atoms with Crippen molar-refractivity contribution >= 4 is 22.5 Å². The Morgan fingerprint density at radius 1 is 1.38 bits per heavy atom. The van der Waals surface area contributed by atoms with Crippen molar-refractivity contribution in [3.63, 3.8) is 0 Å². The topological polar surface area (TPSA) is 45.9 Å². The largest absolute Gasteiger partial charge is 0.494 e. The molecular formula is C12H9ClN2O. The molecule has 1 aromatic carbocycles. The first-order chi connectivity index (χ1) is 7.76. The highest BCUT2D eigenvalue weighted by Gasteiger charge is 2.07. The third-order valence-corrected chi connectivity index (χ3v) is 2.63. The third kappa shape index (κ3) is 1.80. The SMILES string of the molecule is COc1ccc(Cl)c2ccc(CC#N)nc12. The van der Waals surface area contributed by atoms with Gasteiger partial charge in [-0.05, 0) is 24.3 Å². The van der Waals surface area contributed by atoms with Crippen LogP contribution in [0.25, 0.3) is 10.9 Å². The summed E-state index contributed by atoms with van der Waals surface area (Å²) in [5.41, 5.74) is 1.42. The van der Waals surface area contributed by atoms with Crippen molar-refractivity contribution in [3.8, 4) is 11.8 Å². The Kier molecular flexibility index (Phi) is 2.93. The maximum absolute atomic E-state index is 8.63. The summed E-state index contributed by atoms with van der Waals surface area (Å²) >= 11 is 6.05. The molecule has 80 valence electrons. The second-order valence-electron chi connectivity index (χ2n) is 3.28.